The van der Waals surface area contributed by atoms with Gasteiger partial charge in [-0.1, -0.05) is 0 Å². The summed E-state index contributed by atoms with van der Waals surface area (Å²) in [6.07, 6.45) is 3.91. The number of ether oxygens (including phenoxy) is 2. The molecule has 22 heavy (non-hydrogen) atoms. The first-order valence-corrected chi connectivity index (χ1v) is 7.82. The monoisotopic (exact) mass is 308 g/mol. The summed E-state index contributed by atoms with van der Waals surface area (Å²) in [6, 6.07) is 1.79. The molecule has 0 unspecified atom stereocenters. The summed E-state index contributed by atoms with van der Waals surface area (Å²) in [7, 11) is 1.58. The smallest absolute Gasteiger partial charge is 0.218 e. The van der Waals surface area contributed by atoms with E-state index in [1.807, 2.05) is 4.90 Å². The van der Waals surface area contributed by atoms with Crippen molar-refractivity contribution in [1.82, 2.24) is 14.9 Å². The lowest BCUT2D eigenvalue weighted by atomic mass is 10.0. The maximum Gasteiger partial charge on any atom is 0.218 e. The van der Waals surface area contributed by atoms with Crippen LogP contribution in [0.5, 0.6) is 5.88 Å². The molecule has 2 fully saturated rings. The van der Waals surface area contributed by atoms with Gasteiger partial charge in [-0.15, -0.1) is 0 Å². The predicted molar refractivity (Wildman–Crippen MR) is 82.2 cm³/mol. The van der Waals surface area contributed by atoms with Crippen LogP contribution in [0.25, 0.3) is 0 Å². The Morgan fingerprint density at radius 3 is 2.91 bits per heavy atom. The first kappa shape index (κ1) is 15.5. The summed E-state index contributed by atoms with van der Waals surface area (Å²) >= 11 is 0. The van der Waals surface area contributed by atoms with Gasteiger partial charge in [0.05, 0.1) is 26.9 Å². The minimum absolute atomic E-state index is 0.363. The number of aliphatic hydroxyl groups is 1. The summed E-state index contributed by atoms with van der Waals surface area (Å²) in [5.41, 5.74) is -0.876. The Morgan fingerprint density at radius 1 is 1.32 bits per heavy atom. The van der Waals surface area contributed by atoms with Crippen LogP contribution < -0.4 is 9.64 Å². The van der Waals surface area contributed by atoms with Gasteiger partial charge in [0.15, 0.2) is 0 Å². The zero-order chi connectivity index (χ0) is 15.4. The number of nitrogens with zero attached hydrogens (tertiary/aromatic N) is 4. The van der Waals surface area contributed by atoms with Crippen LogP contribution in [0, 0.1) is 0 Å². The van der Waals surface area contributed by atoms with Crippen LogP contribution in [-0.4, -0.2) is 78.6 Å². The molecule has 0 radical (unpaired) electrons. The molecule has 3 rings (SSSR count). The van der Waals surface area contributed by atoms with Gasteiger partial charge in [0, 0.05) is 19.2 Å². The van der Waals surface area contributed by atoms with Crippen molar-refractivity contribution in [2.45, 2.75) is 18.4 Å². The quantitative estimate of drug-likeness (QED) is 0.849. The molecule has 1 N–H and O–H groups in total. The highest BCUT2D eigenvalue weighted by atomic mass is 16.5. The highest BCUT2D eigenvalue weighted by molar-refractivity contribution is 5.41. The molecule has 2 aliphatic heterocycles. The number of methoxy groups -OCH3 is 1. The minimum Gasteiger partial charge on any atom is -0.481 e. The molecule has 3 heterocycles. The van der Waals surface area contributed by atoms with Gasteiger partial charge in [0.25, 0.3) is 0 Å². The normalized spacial score (nSPS) is 26.9. The number of hydrogen-bond acceptors (Lipinski definition) is 7. The molecule has 0 aliphatic carbocycles. The largest absolute Gasteiger partial charge is 0.481 e. The van der Waals surface area contributed by atoms with E-state index in [0.717, 1.165) is 18.9 Å². The van der Waals surface area contributed by atoms with Crippen molar-refractivity contribution in [3.63, 3.8) is 0 Å². The van der Waals surface area contributed by atoms with Crippen molar-refractivity contribution >= 4 is 5.82 Å². The number of likely N-dealkylation sites (tertiary alicyclic amines) is 1. The van der Waals surface area contributed by atoms with Gasteiger partial charge >= 0.3 is 0 Å². The van der Waals surface area contributed by atoms with E-state index in [9.17, 15) is 5.11 Å². The van der Waals surface area contributed by atoms with Gasteiger partial charge in [-0.05, 0) is 25.9 Å². The summed E-state index contributed by atoms with van der Waals surface area (Å²) < 4.78 is 10.8. The summed E-state index contributed by atoms with van der Waals surface area (Å²) in [6.45, 7) is 4.90. The summed E-state index contributed by atoms with van der Waals surface area (Å²) in [5.74, 6) is 1.29. The molecule has 0 saturated carbocycles. The van der Waals surface area contributed by atoms with Crippen LogP contribution in [0.15, 0.2) is 12.4 Å². The molecular weight excluding hydrogens is 284 g/mol. The van der Waals surface area contributed by atoms with Gasteiger partial charge in [-0.3, -0.25) is 0 Å². The molecular formula is C15H24N4O3. The SMILES string of the molecule is COc1cc(N2CCOC[C@](O)(CN3CCCC3)C2)ncn1. The van der Waals surface area contributed by atoms with Crippen LogP contribution >= 0.6 is 0 Å². The topological polar surface area (TPSA) is 71.0 Å². The van der Waals surface area contributed by atoms with Gasteiger partial charge in [-0.25, -0.2) is 9.97 Å². The second-order valence-corrected chi connectivity index (χ2v) is 6.10. The maximum absolute atomic E-state index is 11.0. The average Bonchev–Trinajstić information content (AvgIpc) is 2.95. The fourth-order valence-electron chi connectivity index (χ4n) is 3.18. The Morgan fingerprint density at radius 2 is 2.14 bits per heavy atom. The molecule has 1 atom stereocenters. The molecule has 0 bridgehead atoms. The Bertz CT molecular complexity index is 495. The third kappa shape index (κ3) is 3.66. The van der Waals surface area contributed by atoms with Crippen LogP contribution in [0.1, 0.15) is 12.8 Å². The fraction of sp³-hybridized carbons (Fsp3) is 0.733. The van der Waals surface area contributed by atoms with Crippen LogP contribution in [0.4, 0.5) is 5.82 Å². The lowest BCUT2D eigenvalue weighted by Crippen LogP contribution is -2.52. The molecule has 0 spiro atoms. The maximum atomic E-state index is 11.0. The number of aromatic nitrogens is 2. The highest BCUT2D eigenvalue weighted by Crippen LogP contribution is 2.22. The van der Waals surface area contributed by atoms with Crippen molar-refractivity contribution in [2.75, 3.05) is 57.9 Å². The molecule has 0 amide bonds. The number of anilines is 1. The number of rotatable bonds is 4. The molecule has 7 heteroatoms. The minimum atomic E-state index is -0.876. The standard InChI is InChI=1S/C15H24N4O3/c1-21-14-8-13(16-12-17-14)19-6-7-22-11-15(20,10-19)9-18-4-2-3-5-18/h8,12,20H,2-7,9-11H2,1H3/t15-/m0/s1. The fourth-order valence-corrected chi connectivity index (χ4v) is 3.18. The molecule has 2 aliphatic rings. The first-order chi connectivity index (χ1) is 10.7. The predicted octanol–water partition coefficient (Wildman–Crippen LogP) is 0.149. The van der Waals surface area contributed by atoms with Gasteiger partial charge in [0.1, 0.15) is 17.7 Å². The molecule has 7 nitrogen and oxygen atoms in total. The van der Waals surface area contributed by atoms with Crippen LogP contribution in [-0.2, 0) is 4.74 Å². The summed E-state index contributed by atoms with van der Waals surface area (Å²) in [5, 5.41) is 11.0. The third-order valence-electron chi connectivity index (χ3n) is 4.24. The Balaban J connectivity index is 1.73. The zero-order valence-electron chi connectivity index (χ0n) is 13.1. The summed E-state index contributed by atoms with van der Waals surface area (Å²) in [4.78, 5) is 12.7. The lowest BCUT2D eigenvalue weighted by molar-refractivity contribution is -0.0439. The molecule has 0 aromatic carbocycles. The number of β-amino-alcohol motifs (C(OH)–C–C–N with tert-alkyl or cyclic N) is 1. The molecule has 1 aromatic heterocycles. The highest BCUT2D eigenvalue weighted by Gasteiger charge is 2.35. The Labute approximate surface area is 130 Å². The first-order valence-electron chi connectivity index (χ1n) is 7.82. The van der Waals surface area contributed by atoms with Crippen molar-refractivity contribution in [1.29, 1.82) is 0 Å². The van der Waals surface area contributed by atoms with Crippen molar-refractivity contribution in [2.24, 2.45) is 0 Å². The molecule has 122 valence electrons. The average molecular weight is 308 g/mol. The van der Waals surface area contributed by atoms with E-state index in [1.165, 1.54) is 19.2 Å². The van der Waals surface area contributed by atoms with E-state index < -0.39 is 5.60 Å². The second kappa shape index (κ2) is 6.76. The Kier molecular flexibility index (Phi) is 4.75. The third-order valence-corrected chi connectivity index (χ3v) is 4.24. The van der Waals surface area contributed by atoms with Crippen LogP contribution in [0.2, 0.25) is 0 Å². The van der Waals surface area contributed by atoms with Gasteiger partial charge < -0.3 is 24.4 Å². The van der Waals surface area contributed by atoms with E-state index in [2.05, 4.69) is 14.9 Å². The van der Waals surface area contributed by atoms with E-state index in [4.69, 9.17) is 9.47 Å². The lowest BCUT2D eigenvalue weighted by Gasteiger charge is -2.34. The molecule has 2 saturated heterocycles. The van der Waals surface area contributed by atoms with Gasteiger partial charge in [-0.2, -0.15) is 0 Å². The van der Waals surface area contributed by atoms with Crippen LogP contribution in [0.3, 0.4) is 0 Å². The van der Waals surface area contributed by atoms with E-state index in [-0.39, 0.29) is 0 Å². The second-order valence-electron chi connectivity index (χ2n) is 6.10. The molecule has 1 aromatic rings. The van der Waals surface area contributed by atoms with Crippen molar-refractivity contribution in [3.05, 3.63) is 12.4 Å². The number of hydrogen-bond donors (Lipinski definition) is 1. The van der Waals surface area contributed by atoms with E-state index in [0.29, 0.717) is 38.7 Å². The zero-order valence-corrected chi connectivity index (χ0v) is 13.1. The van der Waals surface area contributed by atoms with Crippen molar-refractivity contribution < 1.29 is 14.6 Å². The Hall–Kier alpha value is -1.44. The van der Waals surface area contributed by atoms with E-state index in [1.54, 1.807) is 13.2 Å². The van der Waals surface area contributed by atoms with E-state index >= 15 is 0 Å². The van der Waals surface area contributed by atoms with Gasteiger partial charge in [0.2, 0.25) is 5.88 Å². The van der Waals surface area contributed by atoms with Crippen molar-refractivity contribution in [3.8, 4) is 5.88 Å².